The maximum absolute atomic E-state index is 11.7. The Labute approximate surface area is 125 Å². The lowest BCUT2D eigenvalue weighted by Gasteiger charge is -2.21. The van der Waals surface area contributed by atoms with Gasteiger partial charge >= 0.3 is 5.97 Å². The molecule has 6 nitrogen and oxygen atoms in total. The first-order valence-electron chi connectivity index (χ1n) is 7.21. The van der Waals surface area contributed by atoms with Gasteiger partial charge in [0.15, 0.2) is 5.96 Å². The Morgan fingerprint density at radius 2 is 2.38 bits per heavy atom. The molecular weight excluding hydrogens is 270 g/mol. The third kappa shape index (κ3) is 3.77. The van der Waals surface area contributed by atoms with Crippen molar-refractivity contribution < 1.29 is 13.9 Å². The molecule has 1 N–H and O–H groups in total. The van der Waals surface area contributed by atoms with Crippen LogP contribution in [0.4, 0.5) is 0 Å². The van der Waals surface area contributed by atoms with Crippen molar-refractivity contribution in [3.8, 4) is 0 Å². The van der Waals surface area contributed by atoms with Gasteiger partial charge in [-0.1, -0.05) is 6.92 Å². The van der Waals surface area contributed by atoms with Gasteiger partial charge in [-0.05, 0) is 18.1 Å². The zero-order valence-electron chi connectivity index (χ0n) is 12.8. The van der Waals surface area contributed by atoms with Crippen LogP contribution in [0.25, 0.3) is 0 Å². The standard InChI is InChI=1S/C15H23N3O3/c1-11-9-18(10-13(11)14(19)20-3)15(16-2)17-7-6-12-5-4-8-21-12/h4-5,8,11,13H,6-7,9-10H2,1-3H3,(H,16,17). The first kappa shape index (κ1) is 15.4. The van der Waals surface area contributed by atoms with E-state index in [9.17, 15) is 4.79 Å². The number of carbonyl (C=O) groups is 1. The van der Waals surface area contributed by atoms with Crippen molar-refractivity contribution in [2.24, 2.45) is 16.8 Å². The highest BCUT2D eigenvalue weighted by atomic mass is 16.5. The molecule has 0 bridgehead atoms. The number of nitrogens with zero attached hydrogens (tertiary/aromatic N) is 2. The first-order chi connectivity index (χ1) is 10.2. The molecule has 0 radical (unpaired) electrons. The maximum atomic E-state index is 11.7. The highest BCUT2D eigenvalue weighted by molar-refractivity contribution is 5.82. The van der Waals surface area contributed by atoms with Crippen molar-refractivity contribution in [2.45, 2.75) is 13.3 Å². The Bertz CT molecular complexity index is 484. The number of aliphatic imine (C=N–C) groups is 1. The summed E-state index contributed by atoms with van der Waals surface area (Å²) in [6, 6.07) is 3.84. The third-order valence-corrected chi connectivity index (χ3v) is 3.86. The molecule has 0 amide bonds. The van der Waals surface area contributed by atoms with Crippen LogP contribution in [-0.4, -0.2) is 50.6 Å². The molecule has 6 heteroatoms. The average molecular weight is 293 g/mol. The van der Waals surface area contributed by atoms with Gasteiger partial charge < -0.3 is 19.4 Å². The third-order valence-electron chi connectivity index (χ3n) is 3.86. The molecule has 2 heterocycles. The van der Waals surface area contributed by atoms with Crippen LogP contribution in [-0.2, 0) is 16.0 Å². The average Bonchev–Trinajstić information content (AvgIpc) is 3.12. The molecule has 2 rings (SSSR count). The van der Waals surface area contributed by atoms with Crippen LogP contribution in [0.5, 0.6) is 0 Å². The fourth-order valence-corrected chi connectivity index (χ4v) is 2.68. The number of ether oxygens (including phenoxy) is 1. The van der Waals surface area contributed by atoms with Crippen LogP contribution in [0.15, 0.2) is 27.8 Å². The predicted molar refractivity (Wildman–Crippen MR) is 80.0 cm³/mol. The Morgan fingerprint density at radius 3 is 3.00 bits per heavy atom. The zero-order valence-corrected chi connectivity index (χ0v) is 12.8. The van der Waals surface area contributed by atoms with Gasteiger partial charge in [-0.2, -0.15) is 0 Å². The van der Waals surface area contributed by atoms with Crippen molar-refractivity contribution in [3.63, 3.8) is 0 Å². The largest absolute Gasteiger partial charge is 0.469 e. The Kier molecular flexibility index (Phi) is 5.25. The van der Waals surface area contributed by atoms with E-state index in [0.717, 1.165) is 31.2 Å². The van der Waals surface area contributed by atoms with Gasteiger partial charge in [-0.25, -0.2) is 0 Å². The highest BCUT2D eigenvalue weighted by Crippen LogP contribution is 2.23. The fourth-order valence-electron chi connectivity index (χ4n) is 2.68. The number of guanidine groups is 1. The minimum absolute atomic E-state index is 0.0846. The Hall–Kier alpha value is -1.98. The van der Waals surface area contributed by atoms with Crippen LogP contribution in [0.2, 0.25) is 0 Å². The number of rotatable bonds is 4. The van der Waals surface area contributed by atoms with E-state index >= 15 is 0 Å². The molecule has 1 aromatic rings. The quantitative estimate of drug-likeness (QED) is 0.512. The summed E-state index contributed by atoms with van der Waals surface area (Å²) in [6.07, 6.45) is 2.48. The van der Waals surface area contributed by atoms with Gasteiger partial charge in [0.1, 0.15) is 5.76 Å². The highest BCUT2D eigenvalue weighted by Gasteiger charge is 2.36. The van der Waals surface area contributed by atoms with Crippen molar-refractivity contribution in [1.82, 2.24) is 10.2 Å². The molecule has 0 aromatic carbocycles. The van der Waals surface area contributed by atoms with Crippen LogP contribution in [0.1, 0.15) is 12.7 Å². The van der Waals surface area contributed by atoms with Crippen molar-refractivity contribution in [2.75, 3.05) is 33.8 Å². The molecule has 0 saturated carbocycles. The molecule has 116 valence electrons. The molecular formula is C15H23N3O3. The topological polar surface area (TPSA) is 67.1 Å². The molecule has 1 aliphatic heterocycles. The van der Waals surface area contributed by atoms with Crippen LogP contribution in [0.3, 0.4) is 0 Å². The molecule has 0 spiro atoms. The minimum atomic E-state index is -0.143. The van der Waals surface area contributed by atoms with Crippen LogP contribution < -0.4 is 5.32 Å². The van der Waals surface area contributed by atoms with Crippen molar-refractivity contribution in [3.05, 3.63) is 24.2 Å². The monoisotopic (exact) mass is 293 g/mol. The van der Waals surface area contributed by atoms with E-state index in [-0.39, 0.29) is 17.8 Å². The van der Waals surface area contributed by atoms with Gasteiger partial charge in [-0.3, -0.25) is 9.79 Å². The second-order valence-corrected chi connectivity index (χ2v) is 5.32. The van der Waals surface area contributed by atoms with E-state index in [4.69, 9.17) is 9.15 Å². The second-order valence-electron chi connectivity index (χ2n) is 5.32. The Balaban J connectivity index is 1.86. The summed E-state index contributed by atoms with van der Waals surface area (Å²) in [5.41, 5.74) is 0. The number of furan rings is 1. The summed E-state index contributed by atoms with van der Waals surface area (Å²) in [7, 11) is 3.19. The number of likely N-dealkylation sites (tertiary alicyclic amines) is 1. The smallest absolute Gasteiger partial charge is 0.310 e. The molecule has 0 aliphatic carbocycles. The molecule has 1 aliphatic rings. The van der Waals surface area contributed by atoms with Gasteiger partial charge in [0.25, 0.3) is 0 Å². The van der Waals surface area contributed by atoms with E-state index in [2.05, 4.69) is 22.1 Å². The lowest BCUT2D eigenvalue weighted by atomic mass is 9.99. The number of nitrogens with one attached hydrogen (secondary N) is 1. The molecule has 1 aromatic heterocycles. The van der Waals surface area contributed by atoms with Crippen molar-refractivity contribution in [1.29, 1.82) is 0 Å². The number of hydrogen-bond acceptors (Lipinski definition) is 4. The van der Waals surface area contributed by atoms with E-state index in [1.807, 2.05) is 12.1 Å². The number of methoxy groups -OCH3 is 1. The normalized spacial score (nSPS) is 22.4. The first-order valence-corrected chi connectivity index (χ1v) is 7.21. The fraction of sp³-hybridized carbons (Fsp3) is 0.600. The molecule has 1 saturated heterocycles. The van der Waals surface area contributed by atoms with E-state index in [1.54, 1.807) is 13.3 Å². The van der Waals surface area contributed by atoms with Gasteiger partial charge in [0.05, 0.1) is 19.3 Å². The summed E-state index contributed by atoms with van der Waals surface area (Å²) in [4.78, 5) is 18.1. The Morgan fingerprint density at radius 1 is 1.57 bits per heavy atom. The van der Waals surface area contributed by atoms with Gasteiger partial charge in [0.2, 0.25) is 0 Å². The van der Waals surface area contributed by atoms with E-state index in [0.29, 0.717) is 6.54 Å². The second kappa shape index (κ2) is 7.15. The minimum Gasteiger partial charge on any atom is -0.469 e. The van der Waals surface area contributed by atoms with Crippen LogP contribution >= 0.6 is 0 Å². The number of carbonyl (C=O) groups excluding carboxylic acids is 1. The van der Waals surface area contributed by atoms with Gasteiger partial charge in [-0.15, -0.1) is 0 Å². The molecule has 2 atom stereocenters. The summed E-state index contributed by atoms with van der Waals surface area (Å²) in [5, 5.41) is 3.31. The van der Waals surface area contributed by atoms with Crippen LogP contribution in [0, 0.1) is 11.8 Å². The maximum Gasteiger partial charge on any atom is 0.310 e. The lowest BCUT2D eigenvalue weighted by Crippen LogP contribution is -2.41. The number of esters is 1. The molecule has 1 fully saturated rings. The van der Waals surface area contributed by atoms with Crippen molar-refractivity contribution >= 4 is 11.9 Å². The zero-order chi connectivity index (χ0) is 15.2. The predicted octanol–water partition coefficient (Wildman–Crippen LogP) is 1.14. The van der Waals surface area contributed by atoms with E-state index in [1.165, 1.54) is 7.11 Å². The molecule has 2 unspecified atom stereocenters. The lowest BCUT2D eigenvalue weighted by molar-refractivity contribution is -0.145. The number of hydrogen-bond donors (Lipinski definition) is 1. The summed E-state index contributed by atoms with van der Waals surface area (Å²) in [6.45, 7) is 4.26. The summed E-state index contributed by atoms with van der Waals surface area (Å²) < 4.78 is 10.2. The SMILES string of the molecule is CN=C(NCCc1ccco1)N1CC(C)C(C(=O)OC)C1. The molecule has 21 heavy (non-hydrogen) atoms. The van der Waals surface area contributed by atoms with Gasteiger partial charge in [0, 0.05) is 33.1 Å². The summed E-state index contributed by atoms with van der Waals surface area (Å²) >= 11 is 0. The van der Waals surface area contributed by atoms with E-state index < -0.39 is 0 Å². The summed E-state index contributed by atoms with van der Waals surface area (Å²) in [5.74, 6) is 1.80.